The molecule has 0 spiro atoms. The largest absolute Gasteiger partial charge is 0.394 e. The highest BCUT2D eigenvalue weighted by molar-refractivity contribution is 14.1. The van der Waals surface area contributed by atoms with E-state index in [-0.39, 0.29) is 44.2 Å². The molecule has 0 aliphatic carbocycles. The lowest BCUT2D eigenvalue weighted by Crippen LogP contribution is -2.23. The Labute approximate surface area is 270 Å². The topological polar surface area (TPSA) is 121 Å². The Morgan fingerprint density at radius 3 is 2.18 bits per heavy atom. The maximum atomic E-state index is 14.2. The predicted octanol–water partition coefficient (Wildman–Crippen LogP) is 6.61. The van der Waals surface area contributed by atoms with Gasteiger partial charge in [-0.15, -0.1) is 0 Å². The molecule has 44 heavy (non-hydrogen) atoms. The highest BCUT2D eigenvalue weighted by Gasteiger charge is 2.31. The van der Waals surface area contributed by atoms with Gasteiger partial charge < -0.3 is 28.3 Å². The van der Waals surface area contributed by atoms with Crippen LogP contribution in [-0.4, -0.2) is 44.0 Å². The van der Waals surface area contributed by atoms with E-state index in [1.807, 2.05) is 48.7 Å². The summed E-state index contributed by atoms with van der Waals surface area (Å²) in [6, 6.07) is 22.5. The third kappa shape index (κ3) is 8.12. The molecule has 4 aromatic rings. The first kappa shape index (κ1) is 33.3. The lowest BCUT2D eigenvalue weighted by molar-refractivity contribution is -0.133. The van der Waals surface area contributed by atoms with Gasteiger partial charge in [0, 0.05) is 23.5 Å². The number of nitrogens with one attached hydrogen (secondary N) is 1. The summed E-state index contributed by atoms with van der Waals surface area (Å²) in [4.78, 5) is 25.8. The molecular formula is C34H36FIN2O6. The fraction of sp³-hybridized carbons (Fsp3) is 0.294. The molecule has 0 saturated carbocycles. The number of aliphatic hydroxyl groups excluding tert-OH is 3. The molecule has 0 aliphatic heterocycles. The Kier molecular flexibility index (Phi) is 11.7. The summed E-state index contributed by atoms with van der Waals surface area (Å²) >= 11 is 1.46. The van der Waals surface area contributed by atoms with E-state index in [0.717, 1.165) is 16.8 Å². The highest BCUT2D eigenvalue weighted by atomic mass is 127. The molecule has 1 aromatic heterocycles. The van der Waals surface area contributed by atoms with Crippen molar-refractivity contribution in [2.45, 2.75) is 64.4 Å². The van der Waals surface area contributed by atoms with Crippen LogP contribution in [0.2, 0.25) is 0 Å². The van der Waals surface area contributed by atoms with Crippen molar-refractivity contribution in [2.24, 2.45) is 0 Å². The minimum atomic E-state index is -1.07. The van der Waals surface area contributed by atoms with Crippen LogP contribution in [0.5, 0.6) is 0 Å². The third-order valence-electron chi connectivity index (χ3n) is 7.37. The first-order chi connectivity index (χ1) is 21.1. The molecule has 0 bridgehead atoms. The number of hydrogen-bond acceptors (Lipinski definition) is 6. The summed E-state index contributed by atoms with van der Waals surface area (Å²) in [5.74, 6) is -1.44. The minimum Gasteiger partial charge on any atom is -0.394 e. The van der Waals surface area contributed by atoms with E-state index in [2.05, 4.69) is 8.38 Å². The molecule has 8 nitrogen and oxygen atoms in total. The van der Waals surface area contributed by atoms with Gasteiger partial charge in [0.1, 0.15) is 5.82 Å². The molecule has 1 heterocycles. The number of anilines is 1. The Bertz CT molecular complexity index is 1560. The maximum Gasteiger partial charge on any atom is 0.317 e. The van der Waals surface area contributed by atoms with Crippen LogP contribution in [-0.2, 0) is 21.0 Å². The van der Waals surface area contributed by atoms with E-state index in [9.17, 15) is 29.3 Å². The van der Waals surface area contributed by atoms with Crippen molar-refractivity contribution >= 4 is 40.6 Å². The zero-order chi connectivity index (χ0) is 31.8. The summed E-state index contributed by atoms with van der Waals surface area (Å²) in [5, 5.41) is 33.6. The number of nitrogens with zero attached hydrogens (tertiary/aromatic N) is 1. The molecule has 3 aromatic carbocycles. The van der Waals surface area contributed by atoms with Gasteiger partial charge in [0.25, 0.3) is 5.91 Å². The number of aromatic nitrogens is 1. The van der Waals surface area contributed by atoms with Crippen molar-refractivity contribution in [1.29, 1.82) is 0 Å². The minimum absolute atomic E-state index is 0.0291. The van der Waals surface area contributed by atoms with E-state index >= 15 is 0 Å². The first-order valence-electron chi connectivity index (χ1n) is 14.4. The zero-order valence-electron chi connectivity index (χ0n) is 24.5. The molecule has 232 valence electrons. The number of aliphatic hydroxyl groups is 3. The summed E-state index contributed by atoms with van der Waals surface area (Å²) < 4.78 is 20.7. The first-order valence-corrected chi connectivity index (χ1v) is 15.3. The van der Waals surface area contributed by atoms with E-state index < -0.39 is 24.0 Å². The van der Waals surface area contributed by atoms with Crippen LogP contribution in [0.4, 0.5) is 10.1 Å². The van der Waals surface area contributed by atoms with Gasteiger partial charge in [-0.3, -0.25) is 9.59 Å². The van der Waals surface area contributed by atoms with Crippen molar-refractivity contribution in [3.8, 4) is 22.4 Å². The van der Waals surface area contributed by atoms with Crippen molar-refractivity contribution < 1.29 is 32.4 Å². The monoisotopic (exact) mass is 714 g/mol. The molecule has 2 atom stereocenters. The number of rotatable bonds is 13. The Morgan fingerprint density at radius 1 is 0.932 bits per heavy atom. The fourth-order valence-electron chi connectivity index (χ4n) is 5.40. The van der Waals surface area contributed by atoms with Gasteiger partial charge in [0.15, 0.2) is 23.0 Å². The number of carbonyl (C=O) groups is 2. The fourth-order valence-corrected chi connectivity index (χ4v) is 5.58. The lowest BCUT2D eigenvalue weighted by atomic mass is 9.94. The molecule has 0 unspecified atom stereocenters. The molecule has 0 fully saturated rings. The zero-order valence-corrected chi connectivity index (χ0v) is 26.7. The van der Waals surface area contributed by atoms with Crippen LogP contribution in [0.3, 0.4) is 0 Å². The molecular weight excluding hydrogens is 678 g/mol. The summed E-state index contributed by atoms with van der Waals surface area (Å²) in [6.45, 7) is 4.14. The van der Waals surface area contributed by atoms with Gasteiger partial charge in [-0.2, -0.15) is 0 Å². The summed E-state index contributed by atoms with van der Waals surface area (Å²) in [5.41, 5.74) is 5.32. The quantitative estimate of drug-likeness (QED) is 0.116. The smallest absolute Gasteiger partial charge is 0.317 e. The number of hydrogen-bond donors (Lipinski definition) is 4. The average molecular weight is 715 g/mol. The van der Waals surface area contributed by atoms with Gasteiger partial charge in [-0.05, 0) is 71.8 Å². The van der Waals surface area contributed by atoms with Gasteiger partial charge in [-0.25, -0.2) is 4.39 Å². The SMILES string of the molecule is CC(C)c1c(C(=O)Nc2ccc(CO)cc2)c(-c2ccccc2)c(-c2ccc(F)cc2)n1CC[C@@H](O)C[C@@H](O)CC(=O)OI. The van der Waals surface area contributed by atoms with Crippen molar-refractivity contribution in [1.82, 2.24) is 4.57 Å². The second-order valence-corrected chi connectivity index (χ2v) is 11.4. The molecule has 4 N–H and O–H groups in total. The van der Waals surface area contributed by atoms with Crippen LogP contribution in [0.25, 0.3) is 22.4 Å². The molecule has 10 heteroatoms. The van der Waals surface area contributed by atoms with Crippen LogP contribution >= 0.6 is 23.0 Å². The normalized spacial score (nSPS) is 12.6. The van der Waals surface area contributed by atoms with Crippen LogP contribution < -0.4 is 5.32 Å². The molecule has 0 radical (unpaired) electrons. The van der Waals surface area contributed by atoms with Gasteiger partial charge in [0.05, 0.1) is 36.5 Å². The van der Waals surface area contributed by atoms with E-state index in [1.165, 1.54) is 35.1 Å². The van der Waals surface area contributed by atoms with E-state index in [0.29, 0.717) is 28.1 Å². The predicted molar refractivity (Wildman–Crippen MR) is 176 cm³/mol. The van der Waals surface area contributed by atoms with Crippen molar-refractivity contribution in [3.05, 3.63) is 102 Å². The van der Waals surface area contributed by atoms with Crippen LogP contribution in [0.15, 0.2) is 78.9 Å². The Hall–Kier alpha value is -3.58. The van der Waals surface area contributed by atoms with Gasteiger partial charge in [-0.1, -0.05) is 56.3 Å². The van der Waals surface area contributed by atoms with E-state index in [1.54, 1.807) is 36.4 Å². The molecule has 4 rings (SSSR count). The number of amides is 1. The van der Waals surface area contributed by atoms with E-state index in [4.69, 9.17) is 0 Å². The van der Waals surface area contributed by atoms with Gasteiger partial charge in [0.2, 0.25) is 0 Å². The molecule has 0 aliphatic rings. The van der Waals surface area contributed by atoms with Crippen LogP contribution in [0, 0.1) is 5.82 Å². The van der Waals surface area contributed by atoms with Gasteiger partial charge >= 0.3 is 5.97 Å². The average Bonchev–Trinajstić information content (AvgIpc) is 3.36. The summed E-state index contributed by atoms with van der Waals surface area (Å²) in [6.07, 6.45) is -2.06. The maximum absolute atomic E-state index is 14.2. The second-order valence-electron chi connectivity index (χ2n) is 11.0. The third-order valence-corrected chi connectivity index (χ3v) is 7.86. The van der Waals surface area contributed by atoms with Crippen molar-refractivity contribution in [2.75, 3.05) is 5.32 Å². The standard InChI is InChI=1S/C34H36FIN2O6/c1-21(2)32-31(34(43)37-26-14-8-22(20-39)9-15-26)30(23-6-4-3-5-7-23)33(24-10-12-25(35)13-11-24)38(32)17-16-27(40)18-28(41)19-29(42)44-36/h3-15,21,27-28,39-41H,16-20H2,1-2H3,(H,37,43)/t27-,28-/m1/s1. The molecule has 1 amide bonds. The lowest BCUT2D eigenvalue weighted by Gasteiger charge is -2.20. The Morgan fingerprint density at radius 2 is 1.59 bits per heavy atom. The number of benzene rings is 3. The number of carbonyl (C=O) groups excluding carboxylic acids is 2. The van der Waals surface area contributed by atoms with Crippen molar-refractivity contribution in [3.63, 3.8) is 0 Å². The highest BCUT2D eigenvalue weighted by Crippen LogP contribution is 2.42. The second kappa shape index (κ2) is 15.4. The van der Waals surface area contributed by atoms with Crippen LogP contribution in [0.1, 0.15) is 60.6 Å². The molecule has 0 saturated heterocycles. The number of halogens is 2. The summed E-state index contributed by atoms with van der Waals surface area (Å²) in [7, 11) is 0. The Balaban J connectivity index is 1.85.